The molecule has 0 aliphatic carbocycles. The molecule has 0 saturated carbocycles. The second-order valence-corrected chi connectivity index (χ2v) is 5.97. The smallest absolute Gasteiger partial charge is 0.324 e. The first-order valence-electron chi connectivity index (χ1n) is 6.79. The van der Waals surface area contributed by atoms with Crippen molar-refractivity contribution in [3.63, 3.8) is 0 Å². The molecule has 0 bridgehead atoms. The van der Waals surface area contributed by atoms with E-state index < -0.39 is 16.7 Å². The van der Waals surface area contributed by atoms with Gasteiger partial charge < -0.3 is 10.6 Å². The predicted octanol–water partition coefficient (Wildman–Crippen LogP) is 2.49. The van der Waals surface area contributed by atoms with Crippen LogP contribution in [-0.4, -0.2) is 23.3 Å². The molecule has 0 atom stereocenters. The molecular weight excluding hydrogens is 318 g/mol. The highest BCUT2D eigenvalue weighted by Crippen LogP contribution is 2.27. The van der Waals surface area contributed by atoms with Crippen LogP contribution >= 0.6 is 11.3 Å². The van der Waals surface area contributed by atoms with Gasteiger partial charge in [0.15, 0.2) is 0 Å². The lowest BCUT2D eigenvalue weighted by molar-refractivity contribution is -0.380. The molecule has 1 aromatic carbocycles. The van der Waals surface area contributed by atoms with E-state index >= 15 is 0 Å². The molecule has 7 nitrogen and oxygen atoms in total. The van der Waals surface area contributed by atoms with Gasteiger partial charge in [-0.15, -0.1) is 0 Å². The number of carbonyl (C=O) groups excluding carboxylic acids is 2. The van der Waals surface area contributed by atoms with Gasteiger partial charge in [0.1, 0.15) is 0 Å². The van der Waals surface area contributed by atoms with Crippen molar-refractivity contribution >= 4 is 33.8 Å². The van der Waals surface area contributed by atoms with E-state index in [0.717, 1.165) is 16.9 Å². The van der Waals surface area contributed by atoms with Gasteiger partial charge >= 0.3 is 5.00 Å². The van der Waals surface area contributed by atoms with Gasteiger partial charge in [-0.1, -0.05) is 23.5 Å². The van der Waals surface area contributed by atoms with Crippen LogP contribution in [0.4, 0.5) is 10.7 Å². The highest BCUT2D eigenvalue weighted by atomic mass is 32.1. The third-order valence-corrected chi connectivity index (χ3v) is 4.15. The summed E-state index contributed by atoms with van der Waals surface area (Å²) in [6.45, 7) is 2.00. The van der Waals surface area contributed by atoms with E-state index in [-0.39, 0.29) is 22.8 Å². The quantitative estimate of drug-likeness (QED) is 0.647. The lowest BCUT2D eigenvalue weighted by Gasteiger charge is -2.22. The number of benzene rings is 1. The van der Waals surface area contributed by atoms with Crippen molar-refractivity contribution in [1.82, 2.24) is 0 Å². The topological polar surface area (TPSA) is 107 Å². The monoisotopic (exact) mass is 333 g/mol. The van der Waals surface area contributed by atoms with Crippen molar-refractivity contribution < 1.29 is 14.5 Å². The van der Waals surface area contributed by atoms with Gasteiger partial charge in [0.2, 0.25) is 5.91 Å². The maximum Gasteiger partial charge on any atom is 0.324 e. The largest absolute Gasteiger partial charge is 0.370 e. The SMILES string of the molecule is Cc1cccc(N(CCC(N)=O)C(=O)c2ccc([N+](=O)[O-])s2)c1. The maximum atomic E-state index is 12.7. The van der Waals surface area contributed by atoms with Crippen LogP contribution in [0.2, 0.25) is 0 Å². The van der Waals surface area contributed by atoms with Crippen molar-refractivity contribution in [2.24, 2.45) is 5.73 Å². The van der Waals surface area contributed by atoms with Crippen LogP contribution < -0.4 is 10.6 Å². The first-order valence-corrected chi connectivity index (χ1v) is 7.61. The van der Waals surface area contributed by atoms with E-state index in [1.165, 1.54) is 17.0 Å². The summed E-state index contributed by atoms with van der Waals surface area (Å²) in [4.78, 5) is 35.6. The minimum absolute atomic E-state index is 0.00709. The summed E-state index contributed by atoms with van der Waals surface area (Å²) in [6, 6.07) is 9.94. The molecule has 1 heterocycles. The Morgan fingerprint density at radius 3 is 2.61 bits per heavy atom. The summed E-state index contributed by atoms with van der Waals surface area (Å²) in [5.41, 5.74) is 6.74. The molecule has 2 rings (SSSR count). The van der Waals surface area contributed by atoms with Crippen molar-refractivity contribution in [3.8, 4) is 0 Å². The Kier molecular flexibility index (Phi) is 5.07. The molecule has 2 amide bonds. The highest BCUT2D eigenvalue weighted by molar-refractivity contribution is 7.17. The number of hydrogen-bond donors (Lipinski definition) is 1. The molecule has 0 radical (unpaired) electrons. The first kappa shape index (κ1) is 16.6. The number of aryl methyl sites for hydroxylation is 1. The average Bonchev–Trinajstić information content (AvgIpc) is 2.97. The minimum atomic E-state index is -0.540. The molecule has 23 heavy (non-hydrogen) atoms. The molecule has 2 N–H and O–H groups in total. The van der Waals surface area contributed by atoms with Crippen LogP contribution in [0.15, 0.2) is 36.4 Å². The summed E-state index contributed by atoms with van der Waals surface area (Å²) < 4.78 is 0. The number of nitrogens with two attached hydrogens (primary N) is 1. The Balaban J connectivity index is 2.33. The van der Waals surface area contributed by atoms with Gasteiger partial charge in [0.05, 0.1) is 9.80 Å². The van der Waals surface area contributed by atoms with Crippen LogP contribution in [0.5, 0.6) is 0 Å². The Morgan fingerprint density at radius 1 is 1.30 bits per heavy atom. The number of nitro groups is 1. The Labute approximate surface area is 136 Å². The molecule has 1 aromatic heterocycles. The van der Waals surface area contributed by atoms with E-state index in [4.69, 9.17) is 5.73 Å². The molecule has 2 aromatic rings. The van der Waals surface area contributed by atoms with Crippen molar-refractivity contribution in [3.05, 3.63) is 57.0 Å². The molecule has 0 fully saturated rings. The number of rotatable bonds is 6. The zero-order chi connectivity index (χ0) is 17.0. The number of primary amides is 1. The zero-order valence-corrected chi connectivity index (χ0v) is 13.2. The Hall–Kier alpha value is -2.74. The standard InChI is InChI=1S/C15H15N3O4S/c1-10-3-2-4-11(9-10)17(8-7-13(16)19)15(20)12-5-6-14(23-12)18(21)22/h2-6,9H,7-8H2,1H3,(H2,16,19). The average molecular weight is 333 g/mol. The number of amides is 2. The highest BCUT2D eigenvalue weighted by Gasteiger charge is 2.22. The number of carbonyl (C=O) groups is 2. The summed E-state index contributed by atoms with van der Waals surface area (Å²) in [5.74, 6) is -0.914. The van der Waals surface area contributed by atoms with Gasteiger partial charge in [0, 0.05) is 24.7 Å². The molecule has 0 aliphatic rings. The van der Waals surface area contributed by atoms with Crippen LogP contribution in [0.1, 0.15) is 21.7 Å². The predicted molar refractivity (Wildman–Crippen MR) is 87.6 cm³/mol. The number of anilines is 1. The summed E-state index contributed by atoms with van der Waals surface area (Å²) in [5, 5.41) is 10.7. The van der Waals surface area contributed by atoms with Crippen LogP contribution in [0.3, 0.4) is 0 Å². The maximum absolute atomic E-state index is 12.7. The van der Waals surface area contributed by atoms with E-state index in [9.17, 15) is 19.7 Å². The van der Waals surface area contributed by atoms with Crippen molar-refractivity contribution in [1.29, 1.82) is 0 Å². The molecule has 8 heteroatoms. The van der Waals surface area contributed by atoms with E-state index in [1.54, 1.807) is 18.2 Å². The third kappa shape index (κ3) is 4.13. The minimum Gasteiger partial charge on any atom is -0.370 e. The van der Waals surface area contributed by atoms with Crippen LogP contribution in [0.25, 0.3) is 0 Å². The fraction of sp³-hybridized carbons (Fsp3) is 0.200. The van der Waals surface area contributed by atoms with Crippen molar-refractivity contribution in [2.75, 3.05) is 11.4 Å². The Morgan fingerprint density at radius 2 is 2.04 bits per heavy atom. The number of thiophene rings is 1. The first-order chi connectivity index (χ1) is 10.9. The molecule has 0 saturated heterocycles. The second-order valence-electron chi connectivity index (χ2n) is 4.91. The fourth-order valence-corrected chi connectivity index (χ4v) is 2.81. The number of nitrogens with zero attached hydrogens (tertiary/aromatic N) is 2. The van der Waals surface area contributed by atoms with Gasteiger partial charge in [-0.2, -0.15) is 0 Å². The van der Waals surface area contributed by atoms with Crippen LogP contribution in [0, 0.1) is 17.0 Å². The fourth-order valence-electron chi connectivity index (χ4n) is 2.04. The van der Waals surface area contributed by atoms with E-state index in [2.05, 4.69) is 0 Å². The normalized spacial score (nSPS) is 10.3. The summed E-state index contributed by atoms with van der Waals surface area (Å²) in [7, 11) is 0. The second kappa shape index (κ2) is 7.01. The van der Waals surface area contributed by atoms with Gasteiger partial charge in [-0.3, -0.25) is 19.7 Å². The van der Waals surface area contributed by atoms with Crippen LogP contribution in [-0.2, 0) is 4.79 Å². The Bertz CT molecular complexity index is 757. The van der Waals surface area contributed by atoms with E-state index in [1.807, 2.05) is 13.0 Å². The lowest BCUT2D eigenvalue weighted by atomic mass is 10.2. The summed E-state index contributed by atoms with van der Waals surface area (Å²) in [6.07, 6.45) is 0.00709. The van der Waals surface area contributed by atoms with Gasteiger partial charge in [-0.25, -0.2) is 0 Å². The van der Waals surface area contributed by atoms with Crippen molar-refractivity contribution in [2.45, 2.75) is 13.3 Å². The molecular formula is C15H15N3O4S. The van der Waals surface area contributed by atoms with Gasteiger partial charge in [-0.05, 0) is 30.7 Å². The van der Waals surface area contributed by atoms with E-state index in [0.29, 0.717) is 5.69 Å². The van der Waals surface area contributed by atoms with Gasteiger partial charge in [0.25, 0.3) is 5.91 Å². The molecule has 120 valence electrons. The molecule has 0 spiro atoms. The lowest BCUT2D eigenvalue weighted by Crippen LogP contribution is -2.33. The summed E-state index contributed by atoms with van der Waals surface area (Å²) >= 11 is 0.804. The third-order valence-electron chi connectivity index (χ3n) is 3.12. The zero-order valence-electron chi connectivity index (χ0n) is 12.4. The molecule has 0 unspecified atom stereocenters. The number of hydrogen-bond acceptors (Lipinski definition) is 5. The molecule has 0 aliphatic heterocycles.